The van der Waals surface area contributed by atoms with Crippen LogP contribution in [0.25, 0.3) is 0 Å². The molecule has 1 fully saturated rings. The van der Waals surface area contributed by atoms with Gasteiger partial charge in [0.2, 0.25) is 5.91 Å². The first-order valence-electron chi connectivity index (χ1n) is 6.42. The van der Waals surface area contributed by atoms with Gasteiger partial charge in [0.1, 0.15) is 6.04 Å². The molecule has 1 amide bonds. The van der Waals surface area contributed by atoms with E-state index in [0.717, 1.165) is 23.1 Å². The van der Waals surface area contributed by atoms with Gasteiger partial charge in [-0.15, -0.1) is 0 Å². The van der Waals surface area contributed by atoms with Crippen LogP contribution >= 0.6 is 15.9 Å². The molecule has 0 aromatic heterocycles. The van der Waals surface area contributed by atoms with Crippen LogP contribution in [0, 0.1) is 0 Å². The number of nitrogens with zero attached hydrogens (tertiary/aromatic N) is 1. The van der Waals surface area contributed by atoms with Gasteiger partial charge in [-0.3, -0.25) is 9.69 Å². The molecule has 1 aliphatic heterocycles. The number of nitrogens with one attached hydrogen (secondary N) is 1. The average Bonchev–Trinajstić information content (AvgIpc) is 2.40. The van der Waals surface area contributed by atoms with Crippen molar-refractivity contribution in [3.05, 3.63) is 34.3 Å². The molecule has 4 nitrogen and oxygen atoms in total. The van der Waals surface area contributed by atoms with Crippen molar-refractivity contribution in [1.29, 1.82) is 0 Å². The molecule has 1 aliphatic rings. The van der Waals surface area contributed by atoms with Gasteiger partial charge < -0.3 is 10.1 Å². The number of benzene rings is 1. The van der Waals surface area contributed by atoms with Gasteiger partial charge >= 0.3 is 0 Å². The first-order valence-corrected chi connectivity index (χ1v) is 7.21. The predicted octanol–water partition coefficient (Wildman–Crippen LogP) is 1.96. The van der Waals surface area contributed by atoms with Crippen molar-refractivity contribution in [3.8, 4) is 0 Å². The van der Waals surface area contributed by atoms with Crippen LogP contribution in [0.15, 0.2) is 28.7 Å². The summed E-state index contributed by atoms with van der Waals surface area (Å²) in [5.74, 6) is 0.0666. The zero-order valence-electron chi connectivity index (χ0n) is 11.2. The van der Waals surface area contributed by atoms with Crippen LogP contribution in [-0.2, 0) is 9.53 Å². The lowest BCUT2D eigenvalue weighted by Crippen LogP contribution is -2.51. The Kier molecular flexibility index (Phi) is 4.96. The second kappa shape index (κ2) is 6.50. The van der Waals surface area contributed by atoms with Crippen LogP contribution in [-0.4, -0.2) is 43.7 Å². The van der Waals surface area contributed by atoms with Crippen molar-refractivity contribution in [2.75, 3.05) is 26.7 Å². The molecule has 5 heteroatoms. The fraction of sp³-hybridized carbons (Fsp3) is 0.500. The SMILES string of the molecule is COC(C)CN1CCNC(=O)C1c1ccc(Br)cc1. The maximum Gasteiger partial charge on any atom is 0.242 e. The minimum absolute atomic E-state index is 0.0666. The summed E-state index contributed by atoms with van der Waals surface area (Å²) in [5, 5.41) is 2.93. The number of hydrogen-bond donors (Lipinski definition) is 1. The Hall–Kier alpha value is -0.910. The highest BCUT2D eigenvalue weighted by atomic mass is 79.9. The molecule has 19 heavy (non-hydrogen) atoms. The van der Waals surface area contributed by atoms with Crippen LogP contribution in [0.5, 0.6) is 0 Å². The number of ether oxygens (including phenoxy) is 1. The summed E-state index contributed by atoms with van der Waals surface area (Å²) >= 11 is 3.42. The highest BCUT2D eigenvalue weighted by molar-refractivity contribution is 9.10. The van der Waals surface area contributed by atoms with Crippen LogP contribution in [0.4, 0.5) is 0 Å². The van der Waals surface area contributed by atoms with Crippen molar-refractivity contribution in [3.63, 3.8) is 0 Å². The Morgan fingerprint density at radius 3 is 2.79 bits per heavy atom. The van der Waals surface area contributed by atoms with E-state index in [2.05, 4.69) is 26.1 Å². The molecular formula is C14H19BrN2O2. The van der Waals surface area contributed by atoms with Gasteiger partial charge in [0.05, 0.1) is 6.10 Å². The van der Waals surface area contributed by atoms with Crippen molar-refractivity contribution in [2.24, 2.45) is 0 Å². The van der Waals surface area contributed by atoms with E-state index in [1.807, 2.05) is 31.2 Å². The normalized spacial score (nSPS) is 22.1. The molecule has 1 N–H and O–H groups in total. The predicted molar refractivity (Wildman–Crippen MR) is 77.9 cm³/mol. The van der Waals surface area contributed by atoms with E-state index in [1.165, 1.54) is 0 Å². The average molecular weight is 327 g/mol. The van der Waals surface area contributed by atoms with E-state index < -0.39 is 0 Å². The standard InChI is InChI=1S/C14H19BrN2O2/c1-10(19-2)9-17-8-7-16-14(18)13(17)11-3-5-12(15)6-4-11/h3-6,10,13H,7-9H2,1-2H3,(H,16,18). The third-order valence-electron chi connectivity index (χ3n) is 3.39. The molecule has 1 aromatic rings. The van der Waals surface area contributed by atoms with Crippen molar-refractivity contribution < 1.29 is 9.53 Å². The Morgan fingerprint density at radius 2 is 2.16 bits per heavy atom. The summed E-state index contributed by atoms with van der Waals surface area (Å²) in [5.41, 5.74) is 1.02. The number of hydrogen-bond acceptors (Lipinski definition) is 3. The van der Waals surface area contributed by atoms with Gasteiger partial charge in [0, 0.05) is 31.2 Å². The second-order valence-electron chi connectivity index (χ2n) is 4.79. The molecule has 104 valence electrons. The van der Waals surface area contributed by atoms with E-state index in [0.29, 0.717) is 6.54 Å². The molecule has 1 aromatic carbocycles. The zero-order valence-corrected chi connectivity index (χ0v) is 12.8. The smallest absolute Gasteiger partial charge is 0.242 e. The van der Waals surface area contributed by atoms with Crippen LogP contribution in [0.2, 0.25) is 0 Å². The summed E-state index contributed by atoms with van der Waals surface area (Å²) in [4.78, 5) is 14.3. The zero-order chi connectivity index (χ0) is 13.8. The molecule has 0 bridgehead atoms. The van der Waals surface area contributed by atoms with Crippen LogP contribution in [0.3, 0.4) is 0 Å². The number of carbonyl (C=O) groups is 1. The molecule has 1 saturated heterocycles. The molecule has 1 heterocycles. The lowest BCUT2D eigenvalue weighted by atomic mass is 10.0. The van der Waals surface area contributed by atoms with Crippen molar-refractivity contribution >= 4 is 21.8 Å². The third-order valence-corrected chi connectivity index (χ3v) is 3.92. The molecule has 2 rings (SSSR count). The number of carbonyl (C=O) groups excluding carboxylic acids is 1. The number of methoxy groups -OCH3 is 1. The van der Waals surface area contributed by atoms with Gasteiger partial charge in [-0.05, 0) is 24.6 Å². The molecule has 2 unspecified atom stereocenters. The minimum Gasteiger partial charge on any atom is -0.380 e. The summed E-state index contributed by atoms with van der Waals surface area (Å²) < 4.78 is 6.33. The van der Waals surface area contributed by atoms with E-state index in [4.69, 9.17) is 4.74 Å². The maximum atomic E-state index is 12.2. The number of rotatable bonds is 4. The van der Waals surface area contributed by atoms with E-state index >= 15 is 0 Å². The van der Waals surface area contributed by atoms with Gasteiger partial charge in [-0.2, -0.15) is 0 Å². The number of amides is 1. The minimum atomic E-state index is -0.223. The van der Waals surface area contributed by atoms with Gasteiger partial charge in [-0.25, -0.2) is 0 Å². The second-order valence-corrected chi connectivity index (χ2v) is 5.70. The highest BCUT2D eigenvalue weighted by Gasteiger charge is 2.31. The first kappa shape index (κ1) is 14.5. The van der Waals surface area contributed by atoms with Gasteiger partial charge in [-0.1, -0.05) is 28.1 Å². The quantitative estimate of drug-likeness (QED) is 0.919. The van der Waals surface area contributed by atoms with E-state index in [1.54, 1.807) is 7.11 Å². The third kappa shape index (κ3) is 3.55. The lowest BCUT2D eigenvalue weighted by molar-refractivity contribution is -0.130. The Labute approximate surface area is 122 Å². The van der Waals surface area contributed by atoms with Crippen LogP contribution < -0.4 is 5.32 Å². The van der Waals surface area contributed by atoms with Gasteiger partial charge in [0.25, 0.3) is 0 Å². The fourth-order valence-electron chi connectivity index (χ4n) is 2.32. The van der Waals surface area contributed by atoms with E-state index in [-0.39, 0.29) is 18.1 Å². The summed E-state index contributed by atoms with van der Waals surface area (Å²) in [6, 6.07) is 7.69. The summed E-state index contributed by atoms with van der Waals surface area (Å²) in [6.07, 6.45) is 0.115. The lowest BCUT2D eigenvalue weighted by Gasteiger charge is -2.36. The summed E-state index contributed by atoms with van der Waals surface area (Å²) in [7, 11) is 1.70. The largest absolute Gasteiger partial charge is 0.380 e. The Balaban J connectivity index is 2.20. The van der Waals surface area contributed by atoms with Crippen molar-refractivity contribution in [2.45, 2.75) is 19.1 Å². The van der Waals surface area contributed by atoms with Gasteiger partial charge in [0.15, 0.2) is 0 Å². The molecule has 0 spiro atoms. The Morgan fingerprint density at radius 1 is 1.47 bits per heavy atom. The fourth-order valence-corrected chi connectivity index (χ4v) is 2.59. The Bertz CT molecular complexity index is 436. The molecule has 0 aliphatic carbocycles. The molecule has 0 radical (unpaired) electrons. The maximum absolute atomic E-state index is 12.2. The number of halogens is 1. The highest BCUT2D eigenvalue weighted by Crippen LogP contribution is 2.25. The molecule has 0 saturated carbocycles. The van der Waals surface area contributed by atoms with E-state index in [9.17, 15) is 4.79 Å². The molecular weight excluding hydrogens is 308 g/mol. The first-order chi connectivity index (χ1) is 9.11. The number of piperazine rings is 1. The van der Waals surface area contributed by atoms with Crippen LogP contribution in [0.1, 0.15) is 18.5 Å². The monoisotopic (exact) mass is 326 g/mol. The van der Waals surface area contributed by atoms with Crippen molar-refractivity contribution in [1.82, 2.24) is 10.2 Å². The topological polar surface area (TPSA) is 41.6 Å². The molecule has 2 atom stereocenters. The summed E-state index contributed by atoms with van der Waals surface area (Å²) in [6.45, 7) is 4.32.